The molecule has 2 heterocycles. The van der Waals surface area contributed by atoms with E-state index in [2.05, 4.69) is 25.9 Å². The summed E-state index contributed by atoms with van der Waals surface area (Å²) in [5.41, 5.74) is 0. The van der Waals surface area contributed by atoms with Gasteiger partial charge in [0.2, 0.25) is 5.91 Å². The molecule has 1 unspecified atom stereocenters. The Labute approximate surface area is 97.8 Å². The highest BCUT2D eigenvalue weighted by Crippen LogP contribution is 2.18. The average molecular weight is 238 g/mol. The minimum atomic E-state index is -0.431. The standard InChI is InChI=1S/C9H14N6O2/c1-10-8(16)6-4-2-3-5-15(6)9(17)7-11-13-14-12-7/h6H,2-5H2,1H3,(H,10,16)(H,11,12,13,14). The molecule has 2 amide bonds. The predicted octanol–water partition coefficient (Wildman–Crippen LogP) is -1.06. The average Bonchev–Trinajstić information content (AvgIpc) is 2.91. The number of carbonyl (C=O) groups is 2. The number of amides is 2. The van der Waals surface area contributed by atoms with Crippen molar-refractivity contribution in [1.29, 1.82) is 0 Å². The second-order valence-corrected chi connectivity index (χ2v) is 3.86. The largest absolute Gasteiger partial charge is 0.357 e. The van der Waals surface area contributed by atoms with Crippen LogP contribution < -0.4 is 5.32 Å². The van der Waals surface area contributed by atoms with Crippen LogP contribution >= 0.6 is 0 Å². The van der Waals surface area contributed by atoms with Crippen molar-refractivity contribution < 1.29 is 9.59 Å². The highest BCUT2D eigenvalue weighted by molar-refractivity contribution is 5.94. The SMILES string of the molecule is CNC(=O)C1CCCCN1C(=O)c1nn[nH]n1. The Morgan fingerprint density at radius 1 is 1.47 bits per heavy atom. The van der Waals surface area contributed by atoms with Crippen molar-refractivity contribution in [2.75, 3.05) is 13.6 Å². The zero-order valence-corrected chi connectivity index (χ0v) is 9.51. The van der Waals surface area contributed by atoms with Crippen molar-refractivity contribution in [3.8, 4) is 0 Å². The van der Waals surface area contributed by atoms with Gasteiger partial charge < -0.3 is 10.2 Å². The lowest BCUT2D eigenvalue weighted by Gasteiger charge is -2.33. The van der Waals surface area contributed by atoms with Crippen molar-refractivity contribution in [2.24, 2.45) is 0 Å². The number of likely N-dealkylation sites (tertiary alicyclic amines) is 1. The minimum absolute atomic E-state index is 0.000744. The first-order valence-electron chi connectivity index (χ1n) is 5.50. The lowest BCUT2D eigenvalue weighted by Crippen LogP contribution is -2.51. The number of nitrogens with zero attached hydrogens (tertiary/aromatic N) is 4. The molecule has 2 N–H and O–H groups in total. The normalized spacial score (nSPS) is 20.1. The minimum Gasteiger partial charge on any atom is -0.357 e. The monoisotopic (exact) mass is 238 g/mol. The van der Waals surface area contributed by atoms with Crippen LogP contribution in [0.25, 0.3) is 0 Å². The van der Waals surface area contributed by atoms with Gasteiger partial charge in [0.25, 0.3) is 11.7 Å². The molecule has 2 rings (SSSR count). The van der Waals surface area contributed by atoms with E-state index in [-0.39, 0.29) is 17.6 Å². The molecule has 1 aromatic heterocycles. The zero-order chi connectivity index (χ0) is 12.3. The van der Waals surface area contributed by atoms with E-state index in [9.17, 15) is 9.59 Å². The Morgan fingerprint density at radius 3 is 2.94 bits per heavy atom. The Balaban J connectivity index is 2.16. The molecular formula is C9H14N6O2. The van der Waals surface area contributed by atoms with Crippen molar-refractivity contribution in [3.05, 3.63) is 5.82 Å². The van der Waals surface area contributed by atoms with Gasteiger partial charge in [0, 0.05) is 13.6 Å². The van der Waals surface area contributed by atoms with Gasteiger partial charge in [-0.1, -0.05) is 0 Å². The second-order valence-electron chi connectivity index (χ2n) is 3.86. The van der Waals surface area contributed by atoms with Crippen molar-refractivity contribution in [3.63, 3.8) is 0 Å². The van der Waals surface area contributed by atoms with Gasteiger partial charge in [-0.25, -0.2) is 0 Å². The van der Waals surface area contributed by atoms with E-state index in [4.69, 9.17) is 0 Å². The third-order valence-electron chi connectivity index (χ3n) is 2.85. The van der Waals surface area contributed by atoms with Crippen LogP contribution in [0.3, 0.4) is 0 Å². The molecular weight excluding hydrogens is 224 g/mol. The molecule has 1 aliphatic heterocycles. The van der Waals surface area contributed by atoms with E-state index in [1.54, 1.807) is 7.05 Å². The Kier molecular flexibility index (Phi) is 3.31. The van der Waals surface area contributed by atoms with Gasteiger partial charge in [0.05, 0.1) is 0 Å². The Hall–Kier alpha value is -1.99. The van der Waals surface area contributed by atoms with Gasteiger partial charge in [-0.05, 0) is 24.5 Å². The summed E-state index contributed by atoms with van der Waals surface area (Å²) in [5.74, 6) is -0.505. The van der Waals surface area contributed by atoms with Crippen molar-refractivity contribution in [2.45, 2.75) is 25.3 Å². The van der Waals surface area contributed by atoms with E-state index >= 15 is 0 Å². The van der Waals surface area contributed by atoms with Crippen LogP contribution in [-0.4, -0.2) is 57.0 Å². The van der Waals surface area contributed by atoms with E-state index in [0.29, 0.717) is 13.0 Å². The molecule has 1 atom stereocenters. The fraction of sp³-hybridized carbons (Fsp3) is 0.667. The second kappa shape index (κ2) is 4.89. The summed E-state index contributed by atoms with van der Waals surface area (Å²) in [5, 5.41) is 15.4. The molecule has 1 saturated heterocycles. The maximum absolute atomic E-state index is 12.1. The topological polar surface area (TPSA) is 104 Å². The molecule has 0 radical (unpaired) electrons. The first-order chi connectivity index (χ1) is 8.24. The molecule has 8 nitrogen and oxygen atoms in total. The van der Waals surface area contributed by atoms with Crippen molar-refractivity contribution in [1.82, 2.24) is 30.8 Å². The van der Waals surface area contributed by atoms with E-state index in [0.717, 1.165) is 12.8 Å². The number of nitrogens with one attached hydrogen (secondary N) is 2. The summed E-state index contributed by atoms with van der Waals surface area (Å²) in [6.07, 6.45) is 2.49. The summed E-state index contributed by atoms with van der Waals surface area (Å²) < 4.78 is 0. The number of carbonyl (C=O) groups excluding carboxylic acids is 2. The lowest BCUT2D eigenvalue weighted by molar-refractivity contribution is -0.126. The number of aromatic nitrogens is 4. The van der Waals surface area contributed by atoms with Crippen LogP contribution in [0, 0.1) is 0 Å². The van der Waals surface area contributed by atoms with Gasteiger partial charge >= 0.3 is 0 Å². The van der Waals surface area contributed by atoms with Gasteiger partial charge in [-0.2, -0.15) is 5.21 Å². The van der Waals surface area contributed by atoms with Crippen LogP contribution in [0.5, 0.6) is 0 Å². The number of piperidine rings is 1. The smallest absolute Gasteiger partial charge is 0.296 e. The molecule has 1 fully saturated rings. The number of tetrazole rings is 1. The number of rotatable bonds is 2. The molecule has 1 aliphatic rings. The quantitative estimate of drug-likeness (QED) is 0.683. The first-order valence-corrected chi connectivity index (χ1v) is 5.50. The fourth-order valence-corrected chi connectivity index (χ4v) is 1.99. The maximum Gasteiger partial charge on any atom is 0.296 e. The Morgan fingerprint density at radius 2 is 2.29 bits per heavy atom. The van der Waals surface area contributed by atoms with Crippen LogP contribution in [-0.2, 0) is 4.79 Å². The third kappa shape index (κ3) is 2.24. The first kappa shape index (κ1) is 11.5. The van der Waals surface area contributed by atoms with E-state index in [1.165, 1.54) is 4.90 Å². The molecule has 0 bridgehead atoms. The fourth-order valence-electron chi connectivity index (χ4n) is 1.99. The molecule has 17 heavy (non-hydrogen) atoms. The molecule has 92 valence electrons. The van der Waals surface area contributed by atoms with Crippen LogP contribution in [0.2, 0.25) is 0 Å². The summed E-state index contributed by atoms with van der Waals surface area (Å²) in [4.78, 5) is 25.2. The Bertz CT molecular complexity index is 404. The number of H-pyrrole nitrogens is 1. The molecule has 0 spiro atoms. The van der Waals surface area contributed by atoms with Gasteiger partial charge in [0.1, 0.15) is 6.04 Å². The maximum atomic E-state index is 12.1. The van der Waals surface area contributed by atoms with Gasteiger partial charge in [-0.3, -0.25) is 9.59 Å². The van der Waals surface area contributed by atoms with Crippen molar-refractivity contribution >= 4 is 11.8 Å². The molecule has 1 aromatic rings. The van der Waals surface area contributed by atoms with E-state index < -0.39 is 6.04 Å². The third-order valence-corrected chi connectivity index (χ3v) is 2.85. The molecule has 8 heteroatoms. The number of likely N-dealkylation sites (N-methyl/N-ethyl adjacent to an activating group) is 1. The van der Waals surface area contributed by atoms with Gasteiger partial charge in [-0.15, -0.1) is 10.2 Å². The van der Waals surface area contributed by atoms with E-state index in [1.807, 2.05) is 0 Å². The summed E-state index contributed by atoms with van der Waals surface area (Å²) in [6.45, 7) is 0.547. The van der Waals surface area contributed by atoms with Crippen LogP contribution in [0.4, 0.5) is 0 Å². The molecule has 0 aromatic carbocycles. The summed E-state index contributed by atoms with van der Waals surface area (Å²) >= 11 is 0. The highest BCUT2D eigenvalue weighted by atomic mass is 16.2. The number of hydrogen-bond acceptors (Lipinski definition) is 5. The predicted molar refractivity (Wildman–Crippen MR) is 56.9 cm³/mol. The summed E-state index contributed by atoms with van der Waals surface area (Å²) in [6, 6.07) is -0.431. The highest BCUT2D eigenvalue weighted by Gasteiger charge is 2.33. The summed E-state index contributed by atoms with van der Waals surface area (Å²) in [7, 11) is 1.56. The number of hydrogen-bond donors (Lipinski definition) is 2. The van der Waals surface area contributed by atoms with Crippen LogP contribution in [0.1, 0.15) is 29.9 Å². The van der Waals surface area contributed by atoms with Crippen LogP contribution in [0.15, 0.2) is 0 Å². The lowest BCUT2D eigenvalue weighted by atomic mass is 10.0. The molecule has 0 aliphatic carbocycles. The molecule has 0 saturated carbocycles. The number of aromatic amines is 1. The zero-order valence-electron chi connectivity index (χ0n) is 9.51. The van der Waals surface area contributed by atoms with Gasteiger partial charge in [0.15, 0.2) is 0 Å².